The topological polar surface area (TPSA) is 51.8 Å². The molecular weight excluding hydrogens is 254 g/mol. The Kier molecular flexibility index (Phi) is 4.32. The van der Waals surface area contributed by atoms with Crippen LogP contribution in [0.15, 0.2) is 29.9 Å². The number of aromatic nitrogens is 2. The van der Waals surface area contributed by atoms with Crippen molar-refractivity contribution in [2.45, 2.75) is 45.1 Å². The monoisotopic (exact) mass is 275 g/mol. The third-order valence-corrected chi connectivity index (χ3v) is 3.88. The van der Waals surface area contributed by atoms with E-state index in [4.69, 9.17) is 5.73 Å². The van der Waals surface area contributed by atoms with Gasteiger partial charge in [-0.3, -0.25) is 4.98 Å². The Hall–Kier alpha value is -1.26. The molecule has 0 amide bonds. The number of hydrogen-bond acceptors (Lipinski definition) is 4. The van der Waals surface area contributed by atoms with E-state index in [0.29, 0.717) is 0 Å². The predicted octanol–water partition coefficient (Wildman–Crippen LogP) is 2.95. The van der Waals surface area contributed by atoms with Gasteiger partial charge in [0, 0.05) is 35.7 Å². The van der Waals surface area contributed by atoms with E-state index < -0.39 is 0 Å². The Labute approximate surface area is 118 Å². The lowest BCUT2D eigenvalue weighted by Gasteiger charge is -2.14. The van der Waals surface area contributed by atoms with Crippen molar-refractivity contribution in [1.29, 1.82) is 0 Å². The Balaban J connectivity index is 1.96. The summed E-state index contributed by atoms with van der Waals surface area (Å²) in [5.74, 6) is 0. The molecule has 2 aromatic rings. The van der Waals surface area contributed by atoms with E-state index in [0.717, 1.165) is 23.5 Å². The summed E-state index contributed by atoms with van der Waals surface area (Å²) in [6.07, 6.45) is 5.32. The minimum atomic E-state index is 0.112. The molecule has 102 valence electrons. The Morgan fingerprint density at radius 1 is 1.21 bits per heavy atom. The molecule has 0 aliphatic carbocycles. The van der Waals surface area contributed by atoms with Crippen LogP contribution in [0.3, 0.4) is 0 Å². The maximum absolute atomic E-state index is 6.20. The average molecular weight is 275 g/mol. The summed E-state index contributed by atoms with van der Waals surface area (Å²) >= 11 is 1.71. The van der Waals surface area contributed by atoms with E-state index >= 15 is 0 Å². The molecule has 0 aromatic carbocycles. The lowest BCUT2D eigenvalue weighted by molar-refractivity contribution is 0.567. The van der Waals surface area contributed by atoms with Crippen LogP contribution in [0.4, 0.5) is 0 Å². The van der Waals surface area contributed by atoms with Gasteiger partial charge in [-0.2, -0.15) is 0 Å². The second-order valence-corrected chi connectivity index (χ2v) is 6.84. The highest BCUT2D eigenvalue weighted by Crippen LogP contribution is 2.24. The smallest absolute Gasteiger partial charge is 0.0944 e. The van der Waals surface area contributed by atoms with Crippen LogP contribution in [0.2, 0.25) is 0 Å². The summed E-state index contributed by atoms with van der Waals surface area (Å²) in [5.41, 5.74) is 8.71. The van der Waals surface area contributed by atoms with Crippen LogP contribution in [0.5, 0.6) is 0 Å². The van der Waals surface area contributed by atoms with Crippen molar-refractivity contribution in [3.8, 4) is 0 Å². The number of rotatable bonds is 4. The molecule has 2 N–H and O–H groups in total. The van der Waals surface area contributed by atoms with E-state index in [1.807, 2.05) is 24.5 Å². The van der Waals surface area contributed by atoms with Crippen molar-refractivity contribution in [3.05, 3.63) is 46.2 Å². The molecule has 2 heterocycles. The van der Waals surface area contributed by atoms with Crippen molar-refractivity contribution < 1.29 is 0 Å². The predicted molar refractivity (Wildman–Crippen MR) is 80.4 cm³/mol. The van der Waals surface area contributed by atoms with E-state index in [9.17, 15) is 0 Å². The molecule has 1 atom stereocenters. The molecule has 0 fully saturated rings. The van der Waals surface area contributed by atoms with E-state index in [1.165, 1.54) is 5.56 Å². The third kappa shape index (κ3) is 4.11. The van der Waals surface area contributed by atoms with Gasteiger partial charge >= 0.3 is 0 Å². The molecule has 0 radical (unpaired) electrons. The molecule has 3 nitrogen and oxygen atoms in total. The quantitative estimate of drug-likeness (QED) is 0.933. The van der Waals surface area contributed by atoms with Gasteiger partial charge in [0.05, 0.1) is 10.7 Å². The molecular formula is C15H21N3S. The van der Waals surface area contributed by atoms with Gasteiger partial charge < -0.3 is 5.73 Å². The fourth-order valence-electron chi connectivity index (χ4n) is 1.87. The average Bonchev–Trinajstić information content (AvgIpc) is 2.78. The summed E-state index contributed by atoms with van der Waals surface area (Å²) in [5, 5.41) is 3.28. The van der Waals surface area contributed by atoms with Gasteiger partial charge in [-0.25, -0.2) is 4.98 Å². The molecule has 2 aromatic heterocycles. The molecule has 1 unspecified atom stereocenters. The molecule has 0 saturated carbocycles. The van der Waals surface area contributed by atoms with Crippen molar-refractivity contribution in [3.63, 3.8) is 0 Å². The van der Waals surface area contributed by atoms with Gasteiger partial charge in [0.1, 0.15) is 0 Å². The molecule has 0 aliphatic rings. The van der Waals surface area contributed by atoms with Crippen LogP contribution in [0, 0.1) is 0 Å². The zero-order chi connectivity index (χ0) is 13.9. The Morgan fingerprint density at radius 3 is 2.47 bits per heavy atom. The summed E-state index contributed by atoms with van der Waals surface area (Å²) in [6, 6.07) is 4.14. The van der Waals surface area contributed by atoms with Crippen molar-refractivity contribution in [2.24, 2.45) is 5.73 Å². The van der Waals surface area contributed by atoms with Gasteiger partial charge in [-0.15, -0.1) is 11.3 Å². The molecule has 0 aliphatic heterocycles. The first-order valence-corrected chi connectivity index (χ1v) is 7.42. The van der Waals surface area contributed by atoms with Crippen LogP contribution < -0.4 is 5.73 Å². The maximum Gasteiger partial charge on any atom is 0.0944 e. The number of nitrogens with zero attached hydrogens (tertiary/aromatic N) is 2. The van der Waals surface area contributed by atoms with Crippen molar-refractivity contribution in [1.82, 2.24) is 9.97 Å². The highest BCUT2D eigenvalue weighted by atomic mass is 32.1. The van der Waals surface area contributed by atoms with E-state index in [-0.39, 0.29) is 11.5 Å². The largest absolute Gasteiger partial charge is 0.327 e. The van der Waals surface area contributed by atoms with E-state index in [1.54, 1.807) is 11.3 Å². The summed E-state index contributed by atoms with van der Waals surface area (Å²) < 4.78 is 0. The van der Waals surface area contributed by atoms with Gasteiger partial charge in [-0.1, -0.05) is 20.8 Å². The van der Waals surface area contributed by atoms with Crippen molar-refractivity contribution >= 4 is 11.3 Å². The summed E-state index contributed by atoms with van der Waals surface area (Å²) in [7, 11) is 0. The van der Waals surface area contributed by atoms with Gasteiger partial charge in [0.15, 0.2) is 0 Å². The molecule has 0 bridgehead atoms. The van der Waals surface area contributed by atoms with Gasteiger partial charge in [0.25, 0.3) is 0 Å². The number of thiazole rings is 1. The summed E-state index contributed by atoms with van der Waals surface area (Å²) in [4.78, 5) is 8.71. The minimum Gasteiger partial charge on any atom is -0.327 e. The fraction of sp³-hybridized carbons (Fsp3) is 0.467. The van der Waals surface area contributed by atoms with Crippen LogP contribution in [0.1, 0.15) is 37.0 Å². The standard InChI is InChI=1S/C15H21N3S/c1-15(2,3)13-10-19-14(18-13)9-12(16)8-11-4-6-17-7-5-11/h4-7,10,12H,8-9,16H2,1-3H3. The molecule has 0 saturated heterocycles. The number of nitrogens with two attached hydrogens (primary N) is 1. The fourth-order valence-corrected chi connectivity index (χ4v) is 2.98. The lowest BCUT2D eigenvalue weighted by atomic mass is 9.93. The SMILES string of the molecule is CC(C)(C)c1csc(CC(N)Cc2ccncc2)n1. The maximum atomic E-state index is 6.20. The second kappa shape index (κ2) is 5.80. The number of hydrogen-bond donors (Lipinski definition) is 1. The van der Waals surface area contributed by atoms with Crippen LogP contribution in [-0.4, -0.2) is 16.0 Å². The van der Waals surface area contributed by atoms with E-state index in [2.05, 4.69) is 36.1 Å². The van der Waals surface area contributed by atoms with Gasteiger partial charge in [0.2, 0.25) is 0 Å². The highest BCUT2D eigenvalue weighted by molar-refractivity contribution is 7.09. The normalized spacial score (nSPS) is 13.5. The highest BCUT2D eigenvalue weighted by Gasteiger charge is 2.18. The van der Waals surface area contributed by atoms with Crippen LogP contribution >= 0.6 is 11.3 Å². The lowest BCUT2D eigenvalue weighted by Crippen LogP contribution is -2.25. The first-order valence-electron chi connectivity index (χ1n) is 6.54. The van der Waals surface area contributed by atoms with Crippen molar-refractivity contribution in [2.75, 3.05) is 0 Å². The molecule has 0 spiro atoms. The van der Waals surface area contributed by atoms with Gasteiger partial charge in [-0.05, 0) is 24.1 Å². The molecule has 2 rings (SSSR count). The zero-order valence-corrected chi connectivity index (χ0v) is 12.6. The summed E-state index contributed by atoms with van der Waals surface area (Å²) in [6.45, 7) is 6.55. The first-order chi connectivity index (χ1) is 8.95. The Morgan fingerprint density at radius 2 is 1.89 bits per heavy atom. The second-order valence-electron chi connectivity index (χ2n) is 5.90. The zero-order valence-electron chi connectivity index (χ0n) is 11.8. The molecule has 4 heteroatoms. The Bertz CT molecular complexity index is 514. The minimum absolute atomic E-state index is 0.112. The van der Waals surface area contributed by atoms with Crippen LogP contribution in [-0.2, 0) is 18.3 Å². The van der Waals surface area contributed by atoms with Crippen LogP contribution in [0.25, 0.3) is 0 Å². The third-order valence-electron chi connectivity index (χ3n) is 3.00. The number of pyridine rings is 1. The first kappa shape index (κ1) is 14.2. The molecule has 19 heavy (non-hydrogen) atoms.